The molecule has 1 fully saturated rings. The van der Waals surface area contributed by atoms with Crippen LogP contribution in [0.3, 0.4) is 0 Å². The minimum absolute atomic E-state index is 0.0282. The third-order valence-corrected chi connectivity index (χ3v) is 3.81. The molecule has 116 valence electrons. The molecule has 1 aliphatic heterocycles. The van der Waals surface area contributed by atoms with Gasteiger partial charge in [0.25, 0.3) is 0 Å². The van der Waals surface area contributed by atoms with Gasteiger partial charge in [-0.05, 0) is 50.0 Å². The van der Waals surface area contributed by atoms with E-state index < -0.39 is 0 Å². The lowest BCUT2D eigenvalue weighted by molar-refractivity contribution is -0.117. The summed E-state index contributed by atoms with van der Waals surface area (Å²) in [6.07, 6.45) is 10.3. The van der Waals surface area contributed by atoms with Gasteiger partial charge in [0.05, 0.1) is 0 Å². The Morgan fingerprint density at radius 2 is 1.95 bits per heavy atom. The molecule has 0 aromatic heterocycles. The fourth-order valence-corrected chi connectivity index (χ4v) is 2.48. The molecule has 1 heterocycles. The summed E-state index contributed by atoms with van der Waals surface area (Å²) in [4.78, 5) is 14.3. The van der Waals surface area contributed by atoms with Crippen molar-refractivity contribution in [3.63, 3.8) is 0 Å². The van der Waals surface area contributed by atoms with Crippen LogP contribution in [0.4, 0.5) is 0 Å². The molecule has 0 unspecified atom stereocenters. The molecule has 1 saturated heterocycles. The van der Waals surface area contributed by atoms with Crippen molar-refractivity contribution in [3.05, 3.63) is 47.1 Å². The zero-order chi connectivity index (χ0) is 15.7. The predicted octanol–water partition coefficient (Wildman–Crippen LogP) is 3.48. The van der Waals surface area contributed by atoms with E-state index in [0.717, 1.165) is 24.4 Å². The first kappa shape index (κ1) is 17.6. The zero-order valence-corrected chi connectivity index (χ0v) is 14.1. The highest BCUT2D eigenvalue weighted by Crippen LogP contribution is 2.20. The summed E-state index contributed by atoms with van der Waals surface area (Å²) < 4.78 is 0. The van der Waals surface area contributed by atoms with Gasteiger partial charge in [0.15, 0.2) is 0 Å². The van der Waals surface area contributed by atoms with Crippen molar-refractivity contribution in [1.82, 2.24) is 10.2 Å². The largest absolute Gasteiger partial charge is 0.371 e. The Balaban J connectivity index is 2.65. The third kappa shape index (κ3) is 6.25. The van der Waals surface area contributed by atoms with Gasteiger partial charge in [0.2, 0.25) is 5.91 Å². The molecule has 0 aromatic rings. The maximum absolute atomic E-state index is 11.9. The Bertz CT molecular complexity index is 457. The van der Waals surface area contributed by atoms with Crippen molar-refractivity contribution >= 4 is 17.7 Å². The number of nitrogens with one attached hydrogen (secondary N) is 1. The van der Waals surface area contributed by atoms with Gasteiger partial charge in [-0.15, -0.1) is 11.8 Å². The lowest BCUT2D eigenvalue weighted by atomic mass is 10.1. The van der Waals surface area contributed by atoms with Crippen LogP contribution in [0.15, 0.2) is 47.1 Å². The molecule has 1 amide bonds. The molecule has 3 nitrogen and oxygen atoms in total. The monoisotopic (exact) mass is 306 g/mol. The van der Waals surface area contributed by atoms with E-state index in [2.05, 4.69) is 16.8 Å². The average molecular weight is 306 g/mol. The van der Waals surface area contributed by atoms with Crippen LogP contribution >= 0.6 is 11.8 Å². The summed E-state index contributed by atoms with van der Waals surface area (Å²) >= 11 is 1.62. The van der Waals surface area contributed by atoms with Crippen molar-refractivity contribution in [2.24, 2.45) is 0 Å². The summed E-state index contributed by atoms with van der Waals surface area (Å²) in [6, 6.07) is 0. The third-order valence-electron chi connectivity index (χ3n) is 3.35. The van der Waals surface area contributed by atoms with Crippen LogP contribution < -0.4 is 5.32 Å². The van der Waals surface area contributed by atoms with Gasteiger partial charge < -0.3 is 10.2 Å². The fraction of sp³-hybridized carbons (Fsp3) is 0.471. The number of thioether (sulfide) groups is 1. The summed E-state index contributed by atoms with van der Waals surface area (Å²) in [5.41, 5.74) is 2.90. The molecular formula is C17H26N2OS. The summed E-state index contributed by atoms with van der Waals surface area (Å²) in [7, 11) is 0. The standard InChI is InChI=1S/C17H26N2OS/c1-14(2)16(19-11-5-6-12-19)9-8-15(3)17(20)18-10-7-13-21-4/h7-9,13H,1,5-6,10-12H2,2-4H3,(H,18,20)/b13-7+,15-8+,16-9+. The van der Waals surface area contributed by atoms with E-state index in [9.17, 15) is 4.79 Å². The first-order chi connectivity index (χ1) is 10.1. The fourth-order valence-electron chi connectivity index (χ4n) is 2.19. The Labute approximate surface area is 132 Å². The minimum Gasteiger partial charge on any atom is -0.371 e. The molecule has 0 spiro atoms. The number of amides is 1. The Hall–Kier alpha value is -1.42. The zero-order valence-electron chi connectivity index (χ0n) is 13.3. The van der Waals surface area contributed by atoms with E-state index in [4.69, 9.17) is 0 Å². The van der Waals surface area contributed by atoms with Gasteiger partial charge >= 0.3 is 0 Å². The Kier molecular flexibility index (Phi) is 7.98. The second kappa shape index (κ2) is 9.50. The first-order valence-electron chi connectivity index (χ1n) is 7.31. The lowest BCUT2D eigenvalue weighted by Gasteiger charge is -2.21. The van der Waals surface area contributed by atoms with Gasteiger partial charge in [-0.1, -0.05) is 18.7 Å². The Morgan fingerprint density at radius 1 is 1.29 bits per heavy atom. The quantitative estimate of drug-likeness (QED) is 0.577. The van der Waals surface area contributed by atoms with Crippen LogP contribution in [0.2, 0.25) is 0 Å². The van der Waals surface area contributed by atoms with Crippen LogP contribution in [0.5, 0.6) is 0 Å². The lowest BCUT2D eigenvalue weighted by Crippen LogP contribution is -2.24. The maximum Gasteiger partial charge on any atom is 0.247 e. The smallest absolute Gasteiger partial charge is 0.247 e. The maximum atomic E-state index is 11.9. The van der Waals surface area contributed by atoms with Crippen LogP contribution in [0.1, 0.15) is 26.7 Å². The van der Waals surface area contributed by atoms with Crippen molar-refractivity contribution in [1.29, 1.82) is 0 Å². The molecule has 4 heteroatoms. The van der Waals surface area contributed by atoms with Crippen molar-refractivity contribution in [2.45, 2.75) is 26.7 Å². The second-order valence-electron chi connectivity index (χ2n) is 5.19. The number of hydrogen-bond donors (Lipinski definition) is 1. The molecule has 1 rings (SSSR count). The number of allylic oxidation sites excluding steroid dienone is 3. The van der Waals surface area contributed by atoms with Crippen LogP contribution in [0.25, 0.3) is 0 Å². The van der Waals surface area contributed by atoms with Gasteiger partial charge in [-0.25, -0.2) is 0 Å². The van der Waals surface area contributed by atoms with E-state index in [1.54, 1.807) is 11.8 Å². The predicted molar refractivity (Wildman–Crippen MR) is 93.1 cm³/mol. The van der Waals surface area contributed by atoms with Gasteiger partial charge in [0, 0.05) is 30.9 Å². The van der Waals surface area contributed by atoms with E-state index in [1.165, 1.54) is 12.8 Å². The minimum atomic E-state index is -0.0282. The number of carbonyl (C=O) groups is 1. The van der Waals surface area contributed by atoms with Crippen molar-refractivity contribution < 1.29 is 4.79 Å². The molecular weight excluding hydrogens is 280 g/mol. The van der Waals surface area contributed by atoms with Gasteiger partial charge in [-0.2, -0.15) is 0 Å². The molecule has 1 N–H and O–H groups in total. The van der Waals surface area contributed by atoms with Gasteiger partial charge in [0.1, 0.15) is 0 Å². The number of hydrogen-bond acceptors (Lipinski definition) is 3. The molecule has 0 radical (unpaired) electrons. The van der Waals surface area contributed by atoms with E-state index in [0.29, 0.717) is 12.1 Å². The van der Waals surface area contributed by atoms with E-state index in [-0.39, 0.29) is 5.91 Å². The van der Waals surface area contributed by atoms with E-state index >= 15 is 0 Å². The number of likely N-dealkylation sites (tertiary alicyclic amines) is 1. The number of rotatable bonds is 7. The molecule has 0 bridgehead atoms. The highest BCUT2D eigenvalue weighted by atomic mass is 32.2. The number of nitrogens with zero attached hydrogens (tertiary/aromatic N) is 1. The SMILES string of the molecule is C=C(C)/C(=C\C=C(/C)C(=O)NC/C=C/SC)N1CCCC1. The second-order valence-corrected chi connectivity index (χ2v) is 5.94. The molecule has 1 aliphatic rings. The summed E-state index contributed by atoms with van der Waals surface area (Å²) in [5.74, 6) is -0.0282. The molecule has 0 atom stereocenters. The average Bonchev–Trinajstić information content (AvgIpc) is 2.97. The normalized spacial score (nSPS) is 16.6. The summed E-state index contributed by atoms with van der Waals surface area (Å²) in [6.45, 7) is 10.6. The molecule has 0 saturated carbocycles. The first-order valence-corrected chi connectivity index (χ1v) is 8.60. The van der Waals surface area contributed by atoms with E-state index in [1.807, 2.05) is 43.7 Å². The van der Waals surface area contributed by atoms with Crippen molar-refractivity contribution in [2.75, 3.05) is 25.9 Å². The Morgan fingerprint density at radius 3 is 2.52 bits per heavy atom. The van der Waals surface area contributed by atoms with Crippen LogP contribution in [-0.4, -0.2) is 36.7 Å². The molecule has 0 aromatic carbocycles. The molecule has 0 aliphatic carbocycles. The van der Waals surface area contributed by atoms with Crippen LogP contribution in [-0.2, 0) is 4.79 Å². The summed E-state index contributed by atoms with van der Waals surface area (Å²) in [5, 5.41) is 4.83. The molecule has 21 heavy (non-hydrogen) atoms. The van der Waals surface area contributed by atoms with Crippen LogP contribution in [0, 0.1) is 0 Å². The topological polar surface area (TPSA) is 32.3 Å². The van der Waals surface area contributed by atoms with Gasteiger partial charge in [-0.3, -0.25) is 4.79 Å². The number of carbonyl (C=O) groups excluding carboxylic acids is 1. The highest BCUT2D eigenvalue weighted by molar-refractivity contribution is 8.01. The highest BCUT2D eigenvalue weighted by Gasteiger charge is 2.14. The van der Waals surface area contributed by atoms with Crippen molar-refractivity contribution in [3.8, 4) is 0 Å².